The quantitative estimate of drug-likeness (QED) is 0.702. The molecule has 1 heterocycles. The van der Waals surface area contributed by atoms with Crippen molar-refractivity contribution in [1.82, 2.24) is 4.98 Å². The first kappa shape index (κ1) is 16.4. The molecule has 0 aliphatic rings. The van der Waals surface area contributed by atoms with Crippen molar-refractivity contribution in [2.45, 2.75) is 11.8 Å². The average Bonchev–Trinajstić information content (AvgIpc) is 3.07. The summed E-state index contributed by atoms with van der Waals surface area (Å²) in [6, 6.07) is 14.4. The van der Waals surface area contributed by atoms with E-state index in [9.17, 15) is 8.42 Å². The first-order valence-electron chi connectivity index (χ1n) is 7.16. The van der Waals surface area contributed by atoms with Gasteiger partial charge in [-0.3, -0.25) is 9.71 Å². The van der Waals surface area contributed by atoms with E-state index in [4.69, 9.17) is 0 Å². The minimum atomic E-state index is -3.63. The molecule has 122 valence electrons. The summed E-state index contributed by atoms with van der Waals surface area (Å²) in [7, 11) is -3.63. The highest BCUT2D eigenvalue weighted by Gasteiger charge is 2.14. The fraction of sp³-hybridized carbons (Fsp3) is 0.0588. The predicted molar refractivity (Wildman–Crippen MR) is 97.8 cm³/mol. The average molecular weight is 357 g/mol. The Labute approximate surface area is 144 Å². The van der Waals surface area contributed by atoms with Crippen molar-refractivity contribution in [2.75, 3.05) is 4.72 Å². The number of hydrogen-bond acceptors (Lipinski definition) is 5. The van der Waals surface area contributed by atoms with Gasteiger partial charge in [-0.25, -0.2) is 13.4 Å². The molecule has 7 heteroatoms. The SMILES string of the molecule is Cc1ccc(C=Nc2ccc(S(=O)(=O)Nc3nccs3)cc2)cc1. The zero-order valence-electron chi connectivity index (χ0n) is 12.9. The number of thiazole rings is 1. The first-order chi connectivity index (χ1) is 11.5. The molecule has 0 amide bonds. The predicted octanol–water partition coefficient (Wildman–Crippen LogP) is 4.00. The normalized spacial score (nSPS) is 11.7. The number of aromatic nitrogens is 1. The van der Waals surface area contributed by atoms with Gasteiger partial charge in [-0.2, -0.15) is 0 Å². The summed E-state index contributed by atoms with van der Waals surface area (Å²) in [5.41, 5.74) is 2.86. The van der Waals surface area contributed by atoms with Crippen LogP contribution in [0.1, 0.15) is 11.1 Å². The Hall–Kier alpha value is -2.51. The second-order valence-electron chi connectivity index (χ2n) is 5.11. The Morgan fingerprint density at radius 1 is 1.08 bits per heavy atom. The number of anilines is 1. The number of rotatable bonds is 5. The van der Waals surface area contributed by atoms with Crippen LogP contribution in [0.5, 0.6) is 0 Å². The zero-order valence-corrected chi connectivity index (χ0v) is 14.5. The summed E-state index contributed by atoms with van der Waals surface area (Å²) < 4.78 is 26.9. The highest BCUT2D eigenvalue weighted by Crippen LogP contribution is 2.20. The molecule has 24 heavy (non-hydrogen) atoms. The molecule has 1 aromatic heterocycles. The third kappa shape index (κ3) is 4.06. The molecule has 0 aliphatic carbocycles. The molecule has 0 radical (unpaired) electrons. The van der Waals surface area contributed by atoms with Gasteiger partial charge in [0, 0.05) is 17.8 Å². The minimum Gasteiger partial charge on any atom is -0.256 e. The summed E-state index contributed by atoms with van der Waals surface area (Å²) >= 11 is 1.23. The number of aliphatic imine (C=N–C) groups is 1. The molecule has 3 rings (SSSR count). The highest BCUT2D eigenvalue weighted by molar-refractivity contribution is 7.93. The summed E-state index contributed by atoms with van der Waals surface area (Å²) in [6.45, 7) is 2.03. The Morgan fingerprint density at radius 2 is 1.79 bits per heavy atom. The molecule has 0 saturated heterocycles. The molecule has 0 saturated carbocycles. The lowest BCUT2D eigenvalue weighted by atomic mass is 10.2. The molecule has 0 unspecified atom stereocenters. The fourth-order valence-corrected chi connectivity index (χ4v) is 3.75. The molecule has 0 spiro atoms. The van der Waals surface area contributed by atoms with Gasteiger partial charge in [-0.1, -0.05) is 29.8 Å². The fourth-order valence-electron chi connectivity index (χ4n) is 1.96. The molecule has 3 aromatic rings. The Kier molecular flexibility index (Phi) is 4.73. The van der Waals surface area contributed by atoms with Crippen LogP contribution >= 0.6 is 11.3 Å². The van der Waals surface area contributed by atoms with E-state index in [1.807, 2.05) is 31.2 Å². The first-order valence-corrected chi connectivity index (χ1v) is 9.52. The number of nitrogens with one attached hydrogen (secondary N) is 1. The second kappa shape index (κ2) is 6.94. The maximum atomic E-state index is 12.2. The summed E-state index contributed by atoms with van der Waals surface area (Å²) in [6.07, 6.45) is 3.29. The van der Waals surface area contributed by atoms with Crippen molar-refractivity contribution in [1.29, 1.82) is 0 Å². The van der Waals surface area contributed by atoms with Gasteiger partial charge < -0.3 is 0 Å². The van der Waals surface area contributed by atoms with Crippen LogP contribution in [0.3, 0.4) is 0 Å². The van der Waals surface area contributed by atoms with Crippen molar-refractivity contribution in [3.63, 3.8) is 0 Å². The highest BCUT2D eigenvalue weighted by atomic mass is 32.2. The van der Waals surface area contributed by atoms with Crippen LogP contribution in [0.2, 0.25) is 0 Å². The van der Waals surface area contributed by atoms with Gasteiger partial charge in [-0.05, 0) is 36.8 Å². The third-order valence-corrected chi connectivity index (χ3v) is 5.41. The summed E-state index contributed by atoms with van der Waals surface area (Å²) in [5, 5.41) is 2.05. The molecule has 2 aromatic carbocycles. The monoisotopic (exact) mass is 357 g/mol. The van der Waals surface area contributed by atoms with Crippen molar-refractivity contribution < 1.29 is 8.42 Å². The maximum absolute atomic E-state index is 12.2. The number of aryl methyl sites for hydroxylation is 1. The number of hydrogen-bond donors (Lipinski definition) is 1. The minimum absolute atomic E-state index is 0.173. The number of sulfonamides is 1. The van der Waals surface area contributed by atoms with Crippen LogP contribution in [0.4, 0.5) is 10.8 Å². The summed E-state index contributed by atoms with van der Waals surface area (Å²) in [5.74, 6) is 0. The van der Waals surface area contributed by atoms with Crippen LogP contribution in [-0.2, 0) is 10.0 Å². The van der Waals surface area contributed by atoms with Gasteiger partial charge in [0.25, 0.3) is 10.0 Å². The van der Waals surface area contributed by atoms with Crippen molar-refractivity contribution in [3.05, 3.63) is 71.2 Å². The lowest BCUT2D eigenvalue weighted by molar-refractivity contribution is 0.601. The van der Waals surface area contributed by atoms with Gasteiger partial charge in [-0.15, -0.1) is 11.3 Å². The number of benzene rings is 2. The summed E-state index contributed by atoms with van der Waals surface area (Å²) in [4.78, 5) is 8.45. The van der Waals surface area contributed by atoms with Crippen molar-refractivity contribution >= 4 is 38.4 Å². The molecule has 1 N–H and O–H groups in total. The van der Waals surface area contributed by atoms with Gasteiger partial charge in [0.2, 0.25) is 0 Å². The lowest BCUT2D eigenvalue weighted by Crippen LogP contribution is -2.12. The van der Waals surface area contributed by atoms with Crippen LogP contribution in [0.25, 0.3) is 0 Å². The van der Waals surface area contributed by atoms with Crippen LogP contribution in [0.15, 0.2) is 70.0 Å². The second-order valence-corrected chi connectivity index (χ2v) is 7.68. The molecule has 0 atom stereocenters. The third-order valence-electron chi connectivity index (χ3n) is 3.24. The Morgan fingerprint density at radius 3 is 2.42 bits per heavy atom. The van der Waals surface area contributed by atoms with Gasteiger partial charge in [0.15, 0.2) is 5.13 Å². The Balaban J connectivity index is 1.74. The largest absolute Gasteiger partial charge is 0.263 e. The van der Waals surface area contributed by atoms with Crippen molar-refractivity contribution in [3.8, 4) is 0 Å². The van der Waals surface area contributed by atoms with E-state index in [-0.39, 0.29) is 4.90 Å². The smallest absolute Gasteiger partial charge is 0.256 e. The van der Waals surface area contributed by atoms with E-state index >= 15 is 0 Å². The van der Waals surface area contributed by atoms with Crippen LogP contribution in [0, 0.1) is 6.92 Å². The van der Waals surface area contributed by atoms with E-state index in [2.05, 4.69) is 14.7 Å². The lowest BCUT2D eigenvalue weighted by Gasteiger charge is -2.05. The topological polar surface area (TPSA) is 71.4 Å². The van der Waals surface area contributed by atoms with Crippen LogP contribution < -0.4 is 4.72 Å². The standard InChI is InChI=1S/C17H15N3O2S2/c1-13-2-4-14(5-3-13)12-19-15-6-8-16(9-7-15)24(21,22)20-17-18-10-11-23-17/h2-12H,1H3,(H,18,20). The van der Waals surface area contributed by atoms with E-state index in [1.165, 1.54) is 29.0 Å². The molecular formula is C17H15N3O2S2. The molecule has 0 bridgehead atoms. The molecular weight excluding hydrogens is 342 g/mol. The maximum Gasteiger partial charge on any atom is 0.263 e. The Bertz CT molecular complexity index is 931. The van der Waals surface area contributed by atoms with Crippen LogP contribution in [-0.4, -0.2) is 19.6 Å². The van der Waals surface area contributed by atoms with Gasteiger partial charge >= 0.3 is 0 Å². The molecule has 5 nitrogen and oxygen atoms in total. The molecule has 0 fully saturated rings. The van der Waals surface area contributed by atoms with E-state index in [0.717, 1.165) is 5.56 Å². The van der Waals surface area contributed by atoms with Crippen molar-refractivity contribution in [2.24, 2.45) is 4.99 Å². The number of nitrogens with zero attached hydrogens (tertiary/aromatic N) is 2. The van der Waals surface area contributed by atoms with E-state index in [1.54, 1.807) is 29.9 Å². The zero-order chi connectivity index (χ0) is 17.0. The molecule has 0 aliphatic heterocycles. The van der Waals surface area contributed by atoms with E-state index in [0.29, 0.717) is 10.8 Å². The van der Waals surface area contributed by atoms with Gasteiger partial charge in [0.05, 0.1) is 10.6 Å². The van der Waals surface area contributed by atoms with Gasteiger partial charge in [0.1, 0.15) is 0 Å². The van der Waals surface area contributed by atoms with E-state index < -0.39 is 10.0 Å².